The molecule has 0 aliphatic carbocycles. The second kappa shape index (κ2) is 6.53. The van der Waals surface area contributed by atoms with Crippen LogP contribution in [0.1, 0.15) is 5.56 Å². The van der Waals surface area contributed by atoms with Crippen LogP contribution >= 0.6 is 11.8 Å². The van der Waals surface area contributed by atoms with E-state index in [-0.39, 0.29) is 6.61 Å². The maximum atomic E-state index is 9.83. The molecule has 1 N–H and O–H groups in total. The van der Waals surface area contributed by atoms with Crippen molar-refractivity contribution in [2.75, 3.05) is 12.4 Å². The largest absolute Gasteiger partial charge is 0.491 e. The maximum Gasteiger partial charge on any atom is 0.209 e. The van der Waals surface area contributed by atoms with Crippen LogP contribution in [-0.2, 0) is 7.05 Å². The minimum absolute atomic E-state index is 0.251. The van der Waals surface area contributed by atoms with Crippen LogP contribution in [-0.4, -0.2) is 43.8 Å². The van der Waals surface area contributed by atoms with Crippen molar-refractivity contribution in [2.24, 2.45) is 7.05 Å². The Kier molecular flexibility index (Phi) is 4.75. The Labute approximate surface area is 115 Å². The summed E-state index contributed by atoms with van der Waals surface area (Å²) in [4.78, 5) is 0. The Bertz CT molecular complexity index is 515. The third-order valence-electron chi connectivity index (χ3n) is 2.45. The normalized spacial score (nSPS) is 12.4. The molecule has 0 aliphatic heterocycles. The summed E-state index contributed by atoms with van der Waals surface area (Å²) in [6.45, 7) is 2.27. The summed E-state index contributed by atoms with van der Waals surface area (Å²) >= 11 is 1.40. The lowest BCUT2D eigenvalue weighted by Gasteiger charge is -2.11. The predicted octanol–water partition coefficient (Wildman–Crippen LogP) is 1.05. The summed E-state index contributed by atoms with van der Waals surface area (Å²) in [6.07, 6.45) is -0.567. The van der Waals surface area contributed by atoms with Crippen molar-refractivity contribution in [1.82, 2.24) is 20.2 Å². The molecular weight excluding hydrogens is 264 g/mol. The number of aliphatic hydroxyl groups excluding tert-OH is 1. The first-order valence-corrected chi connectivity index (χ1v) is 6.86. The summed E-state index contributed by atoms with van der Waals surface area (Å²) in [5, 5.41) is 21.6. The highest BCUT2D eigenvalue weighted by Gasteiger charge is 2.09. The van der Waals surface area contributed by atoms with E-state index in [9.17, 15) is 5.11 Å². The van der Waals surface area contributed by atoms with Gasteiger partial charge in [0, 0.05) is 12.8 Å². The number of aromatic nitrogens is 4. The molecule has 2 aromatic rings. The van der Waals surface area contributed by atoms with Gasteiger partial charge in [-0.05, 0) is 29.5 Å². The number of nitrogens with zero attached hydrogens (tertiary/aromatic N) is 4. The number of rotatable bonds is 6. The fraction of sp³-hybridized carbons (Fsp3) is 0.417. The highest BCUT2D eigenvalue weighted by molar-refractivity contribution is 7.99. The van der Waals surface area contributed by atoms with Crippen molar-refractivity contribution in [2.45, 2.75) is 18.2 Å². The molecule has 102 valence electrons. The topological polar surface area (TPSA) is 73.1 Å². The first kappa shape index (κ1) is 13.8. The monoisotopic (exact) mass is 280 g/mol. The maximum absolute atomic E-state index is 9.83. The van der Waals surface area contributed by atoms with Gasteiger partial charge in [-0.3, -0.25) is 0 Å². The summed E-state index contributed by atoms with van der Waals surface area (Å²) < 4.78 is 7.07. The first-order valence-electron chi connectivity index (χ1n) is 5.88. The minimum Gasteiger partial charge on any atom is -0.491 e. The number of ether oxygens (including phenoxy) is 1. The van der Waals surface area contributed by atoms with Crippen LogP contribution in [0.4, 0.5) is 0 Å². The molecule has 2 rings (SSSR count). The van der Waals surface area contributed by atoms with Crippen LogP contribution in [0.2, 0.25) is 0 Å². The van der Waals surface area contributed by atoms with Crippen LogP contribution < -0.4 is 4.74 Å². The van der Waals surface area contributed by atoms with Crippen molar-refractivity contribution in [1.29, 1.82) is 0 Å². The Morgan fingerprint density at radius 3 is 2.74 bits per heavy atom. The zero-order valence-corrected chi connectivity index (χ0v) is 11.7. The van der Waals surface area contributed by atoms with E-state index in [1.54, 1.807) is 11.7 Å². The average molecular weight is 280 g/mol. The minimum atomic E-state index is -0.567. The van der Waals surface area contributed by atoms with Gasteiger partial charge in [0.15, 0.2) is 0 Å². The van der Waals surface area contributed by atoms with Gasteiger partial charge in [-0.1, -0.05) is 29.5 Å². The van der Waals surface area contributed by atoms with Gasteiger partial charge >= 0.3 is 0 Å². The van der Waals surface area contributed by atoms with Gasteiger partial charge in [-0.15, -0.1) is 5.10 Å². The van der Waals surface area contributed by atoms with E-state index in [0.29, 0.717) is 10.9 Å². The number of tetrazole rings is 1. The molecule has 0 fully saturated rings. The Hall–Kier alpha value is -1.60. The third kappa shape index (κ3) is 4.22. The van der Waals surface area contributed by atoms with Crippen LogP contribution in [0.25, 0.3) is 0 Å². The Morgan fingerprint density at radius 1 is 1.37 bits per heavy atom. The molecule has 0 radical (unpaired) electrons. The van der Waals surface area contributed by atoms with Crippen LogP contribution in [0.15, 0.2) is 29.4 Å². The van der Waals surface area contributed by atoms with Crippen molar-refractivity contribution >= 4 is 11.8 Å². The number of aliphatic hydroxyl groups is 1. The van der Waals surface area contributed by atoms with Crippen molar-refractivity contribution in [3.8, 4) is 5.75 Å². The molecule has 0 spiro atoms. The van der Waals surface area contributed by atoms with Gasteiger partial charge < -0.3 is 9.84 Å². The standard InChI is InChI=1S/C12H16N4O2S/c1-9-3-5-11(6-4-9)18-7-10(17)8-19-12-13-14-15-16(12)2/h3-6,10,17H,7-8H2,1-2H3. The SMILES string of the molecule is Cc1ccc(OCC(O)CSc2nnnn2C)cc1. The molecule has 0 aliphatic rings. The lowest BCUT2D eigenvalue weighted by Crippen LogP contribution is -2.20. The van der Waals surface area contributed by atoms with Crippen molar-refractivity contribution in [3.63, 3.8) is 0 Å². The van der Waals surface area contributed by atoms with Crippen LogP contribution in [0.3, 0.4) is 0 Å². The van der Waals surface area contributed by atoms with E-state index in [1.165, 1.54) is 17.3 Å². The second-order valence-electron chi connectivity index (χ2n) is 4.17. The van der Waals surface area contributed by atoms with E-state index in [4.69, 9.17) is 4.74 Å². The summed E-state index contributed by atoms with van der Waals surface area (Å²) in [5.74, 6) is 1.25. The molecule has 19 heavy (non-hydrogen) atoms. The quantitative estimate of drug-likeness (QED) is 0.797. The van der Waals surface area contributed by atoms with E-state index in [1.807, 2.05) is 31.2 Å². The molecule has 1 heterocycles. The molecule has 0 bridgehead atoms. The zero-order valence-electron chi connectivity index (χ0n) is 10.9. The van der Waals surface area contributed by atoms with Crippen LogP contribution in [0.5, 0.6) is 5.75 Å². The molecule has 1 unspecified atom stereocenters. The summed E-state index contributed by atoms with van der Waals surface area (Å²) in [6, 6.07) is 7.73. The van der Waals surface area contributed by atoms with Crippen molar-refractivity contribution < 1.29 is 9.84 Å². The highest BCUT2D eigenvalue weighted by atomic mass is 32.2. The molecule has 6 nitrogen and oxygen atoms in total. The Balaban J connectivity index is 1.74. The molecule has 1 aromatic carbocycles. The smallest absolute Gasteiger partial charge is 0.209 e. The fourth-order valence-electron chi connectivity index (χ4n) is 1.39. The first-order chi connectivity index (χ1) is 9.15. The van der Waals surface area contributed by atoms with Crippen molar-refractivity contribution in [3.05, 3.63) is 29.8 Å². The van der Waals surface area contributed by atoms with E-state index >= 15 is 0 Å². The Morgan fingerprint density at radius 2 is 2.11 bits per heavy atom. The highest BCUT2D eigenvalue weighted by Crippen LogP contribution is 2.15. The number of hydrogen-bond acceptors (Lipinski definition) is 6. The molecular formula is C12H16N4O2S. The lowest BCUT2D eigenvalue weighted by molar-refractivity contribution is 0.126. The van der Waals surface area contributed by atoms with Gasteiger partial charge in [0.25, 0.3) is 0 Å². The van der Waals surface area contributed by atoms with Gasteiger partial charge in [0.1, 0.15) is 12.4 Å². The van der Waals surface area contributed by atoms with E-state index in [0.717, 1.165) is 5.75 Å². The number of thioether (sulfide) groups is 1. The van der Waals surface area contributed by atoms with E-state index < -0.39 is 6.10 Å². The average Bonchev–Trinajstić information content (AvgIpc) is 2.81. The molecule has 1 aromatic heterocycles. The third-order valence-corrected chi connectivity index (χ3v) is 3.60. The lowest BCUT2D eigenvalue weighted by atomic mass is 10.2. The van der Waals surface area contributed by atoms with E-state index in [2.05, 4.69) is 15.5 Å². The second-order valence-corrected chi connectivity index (χ2v) is 5.16. The van der Waals surface area contributed by atoms with Gasteiger partial charge in [-0.2, -0.15) is 0 Å². The molecule has 0 saturated carbocycles. The number of aryl methyl sites for hydroxylation is 2. The zero-order chi connectivity index (χ0) is 13.7. The van der Waals surface area contributed by atoms with Gasteiger partial charge in [0.2, 0.25) is 5.16 Å². The summed E-state index contributed by atoms with van der Waals surface area (Å²) in [7, 11) is 1.76. The van der Waals surface area contributed by atoms with Gasteiger partial charge in [-0.25, -0.2) is 4.68 Å². The number of hydrogen-bond donors (Lipinski definition) is 1. The van der Waals surface area contributed by atoms with Crippen LogP contribution in [0, 0.1) is 6.92 Å². The number of benzene rings is 1. The van der Waals surface area contributed by atoms with Gasteiger partial charge in [0.05, 0.1) is 6.10 Å². The molecule has 0 saturated heterocycles. The summed E-state index contributed by atoms with van der Waals surface area (Å²) in [5.41, 5.74) is 1.18. The molecule has 0 amide bonds. The molecule has 1 atom stereocenters. The predicted molar refractivity (Wildman–Crippen MR) is 72.2 cm³/mol. The molecule has 7 heteroatoms. The fourth-order valence-corrected chi connectivity index (χ4v) is 2.14.